The van der Waals surface area contributed by atoms with Crippen molar-refractivity contribution in [2.45, 2.75) is 25.4 Å². The van der Waals surface area contributed by atoms with Gasteiger partial charge in [0, 0.05) is 25.7 Å². The van der Waals surface area contributed by atoms with Crippen molar-refractivity contribution in [2.24, 2.45) is 0 Å². The number of hydrogen-bond acceptors (Lipinski definition) is 3. The minimum absolute atomic E-state index is 0.116. The van der Waals surface area contributed by atoms with Crippen LogP contribution in [0.5, 0.6) is 0 Å². The zero-order chi connectivity index (χ0) is 9.26. The molecule has 2 fully saturated rings. The Morgan fingerprint density at radius 2 is 2.15 bits per heavy atom. The van der Waals surface area contributed by atoms with Crippen molar-refractivity contribution in [1.29, 1.82) is 0 Å². The lowest BCUT2D eigenvalue weighted by atomic mass is 10.1. The van der Waals surface area contributed by atoms with Crippen LogP contribution in [-0.4, -0.2) is 49.1 Å². The molecule has 0 aromatic carbocycles. The summed E-state index contributed by atoms with van der Waals surface area (Å²) in [4.78, 5) is 13.7. The standard InChI is InChI=1S/C9H17N3O/c1-7-6-12(5-4-10-7)9(13)8-2-3-11-8/h7-8,10-11H,2-6H2,1H3/t7?,8-/m1/s1. The Morgan fingerprint density at radius 3 is 2.69 bits per heavy atom. The maximum atomic E-state index is 11.8. The maximum Gasteiger partial charge on any atom is 0.239 e. The number of carbonyl (C=O) groups excluding carboxylic acids is 1. The van der Waals surface area contributed by atoms with Gasteiger partial charge in [-0.15, -0.1) is 0 Å². The predicted molar refractivity (Wildman–Crippen MR) is 50.5 cm³/mol. The average Bonchev–Trinajstić information content (AvgIpc) is 2.01. The Labute approximate surface area is 78.7 Å². The first-order valence-electron chi connectivity index (χ1n) is 5.03. The average molecular weight is 183 g/mol. The highest BCUT2D eigenvalue weighted by Gasteiger charge is 2.30. The molecule has 0 aliphatic carbocycles. The van der Waals surface area contributed by atoms with Crippen molar-refractivity contribution < 1.29 is 4.79 Å². The molecule has 0 radical (unpaired) electrons. The SMILES string of the molecule is CC1CN(C(=O)[C@H]2CCN2)CCN1. The summed E-state index contributed by atoms with van der Waals surface area (Å²) in [6.07, 6.45) is 1.01. The van der Waals surface area contributed by atoms with Gasteiger partial charge < -0.3 is 15.5 Å². The molecule has 1 unspecified atom stereocenters. The first kappa shape index (κ1) is 8.97. The zero-order valence-electron chi connectivity index (χ0n) is 8.05. The van der Waals surface area contributed by atoms with Gasteiger partial charge in [-0.05, 0) is 19.9 Å². The molecule has 2 N–H and O–H groups in total. The van der Waals surface area contributed by atoms with Crippen LogP contribution in [0.25, 0.3) is 0 Å². The van der Waals surface area contributed by atoms with E-state index in [-0.39, 0.29) is 6.04 Å². The van der Waals surface area contributed by atoms with Crippen LogP contribution in [0.4, 0.5) is 0 Å². The molecule has 0 aromatic rings. The summed E-state index contributed by atoms with van der Waals surface area (Å²) in [5.74, 6) is 0.291. The first-order chi connectivity index (χ1) is 6.27. The molecule has 2 aliphatic rings. The van der Waals surface area contributed by atoms with Crippen LogP contribution >= 0.6 is 0 Å². The van der Waals surface area contributed by atoms with Gasteiger partial charge in [-0.3, -0.25) is 4.79 Å². The smallest absolute Gasteiger partial charge is 0.239 e. The summed E-state index contributed by atoms with van der Waals surface area (Å²) < 4.78 is 0. The molecule has 0 aromatic heterocycles. The van der Waals surface area contributed by atoms with Gasteiger partial charge in [-0.2, -0.15) is 0 Å². The third kappa shape index (κ3) is 1.84. The van der Waals surface area contributed by atoms with Crippen LogP contribution in [0.1, 0.15) is 13.3 Å². The van der Waals surface area contributed by atoms with Gasteiger partial charge in [-0.1, -0.05) is 0 Å². The van der Waals surface area contributed by atoms with Crippen molar-refractivity contribution in [3.63, 3.8) is 0 Å². The minimum Gasteiger partial charge on any atom is -0.339 e. The molecular weight excluding hydrogens is 166 g/mol. The summed E-state index contributed by atoms with van der Waals surface area (Å²) >= 11 is 0. The molecule has 1 amide bonds. The molecular formula is C9H17N3O. The normalized spacial score (nSPS) is 34.1. The van der Waals surface area contributed by atoms with E-state index in [0.29, 0.717) is 11.9 Å². The van der Waals surface area contributed by atoms with Crippen LogP contribution in [0.2, 0.25) is 0 Å². The number of hydrogen-bond donors (Lipinski definition) is 2. The summed E-state index contributed by atoms with van der Waals surface area (Å²) in [5.41, 5.74) is 0. The van der Waals surface area contributed by atoms with Crippen LogP contribution in [0.3, 0.4) is 0 Å². The molecule has 2 rings (SSSR count). The van der Waals surface area contributed by atoms with E-state index < -0.39 is 0 Å². The van der Waals surface area contributed by atoms with Gasteiger partial charge >= 0.3 is 0 Å². The molecule has 2 saturated heterocycles. The van der Waals surface area contributed by atoms with Crippen molar-refractivity contribution >= 4 is 5.91 Å². The van der Waals surface area contributed by atoms with Gasteiger partial charge in [0.1, 0.15) is 0 Å². The van der Waals surface area contributed by atoms with Crippen LogP contribution in [-0.2, 0) is 4.79 Å². The van der Waals surface area contributed by atoms with Gasteiger partial charge in [0.25, 0.3) is 0 Å². The highest BCUT2D eigenvalue weighted by atomic mass is 16.2. The molecule has 2 atom stereocenters. The molecule has 74 valence electrons. The van der Waals surface area contributed by atoms with Gasteiger partial charge in [0.15, 0.2) is 0 Å². The van der Waals surface area contributed by atoms with E-state index >= 15 is 0 Å². The Kier molecular flexibility index (Phi) is 2.51. The van der Waals surface area contributed by atoms with Crippen LogP contribution < -0.4 is 10.6 Å². The maximum absolute atomic E-state index is 11.8. The fraction of sp³-hybridized carbons (Fsp3) is 0.889. The minimum atomic E-state index is 0.116. The Balaban J connectivity index is 1.87. The lowest BCUT2D eigenvalue weighted by molar-refractivity contribution is -0.136. The predicted octanol–water partition coefficient (Wildman–Crippen LogP) is -0.831. The van der Waals surface area contributed by atoms with E-state index in [0.717, 1.165) is 32.6 Å². The Hall–Kier alpha value is -0.610. The summed E-state index contributed by atoms with van der Waals surface area (Å²) in [6.45, 7) is 5.77. The van der Waals surface area contributed by atoms with Crippen molar-refractivity contribution in [3.8, 4) is 0 Å². The lowest BCUT2D eigenvalue weighted by Crippen LogP contribution is -2.59. The van der Waals surface area contributed by atoms with E-state index in [4.69, 9.17) is 0 Å². The van der Waals surface area contributed by atoms with Crippen molar-refractivity contribution in [1.82, 2.24) is 15.5 Å². The lowest BCUT2D eigenvalue weighted by Gasteiger charge is -2.37. The zero-order valence-corrected chi connectivity index (χ0v) is 8.05. The molecule has 4 heteroatoms. The number of nitrogens with one attached hydrogen (secondary N) is 2. The monoisotopic (exact) mass is 183 g/mol. The van der Waals surface area contributed by atoms with E-state index in [9.17, 15) is 4.79 Å². The highest BCUT2D eigenvalue weighted by Crippen LogP contribution is 2.08. The molecule has 4 nitrogen and oxygen atoms in total. The quantitative estimate of drug-likeness (QED) is 0.557. The van der Waals surface area contributed by atoms with Crippen LogP contribution in [0, 0.1) is 0 Å². The number of carbonyl (C=O) groups is 1. The number of piperazine rings is 1. The first-order valence-corrected chi connectivity index (χ1v) is 5.03. The summed E-state index contributed by atoms with van der Waals surface area (Å²) in [6, 6.07) is 0.558. The summed E-state index contributed by atoms with van der Waals surface area (Å²) in [7, 11) is 0. The van der Waals surface area contributed by atoms with E-state index in [1.54, 1.807) is 0 Å². The molecule has 2 heterocycles. The van der Waals surface area contributed by atoms with Gasteiger partial charge in [0.05, 0.1) is 6.04 Å². The van der Waals surface area contributed by atoms with Gasteiger partial charge in [-0.25, -0.2) is 0 Å². The largest absolute Gasteiger partial charge is 0.339 e. The van der Waals surface area contributed by atoms with E-state index in [2.05, 4.69) is 17.6 Å². The molecule has 13 heavy (non-hydrogen) atoms. The molecule has 2 aliphatic heterocycles. The van der Waals surface area contributed by atoms with E-state index in [1.807, 2.05) is 4.90 Å². The molecule has 0 bridgehead atoms. The Morgan fingerprint density at radius 1 is 1.38 bits per heavy atom. The Bertz CT molecular complexity index is 203. The summed E-state index contributed by atoms with van der Waals surface area (Å²) in [5, 5.41) is 6.47. The second kappa shape index (κ2) is 3.64. The fourth-order valence-corrected chi connectivity index (χ4v) is 1.85. The van der Waals surface area contributed by atoms with Crippen molar-refractivity contribution in [2.75, 3.05) is 26.2 Å². The van der Waals surface area contributed by atoms with Crippen molar-refractivity contribution in [3.05, 3.63) is 0 Å². The van der Waals surface area contributed by atoms with Crippen LogP contribution in [0.15, 0.2) is 0 Å². The number of rotatable bonds is 1. The number of amides is 1. The van der Waals surface area contributed by atoms with E-state index in [1.165, 1.54) is 0 Å². The highest BCUT2D eigenvalue weighted by molar-refractivity contribution is 5.82. The molecule has 0 spiro atoms. The second-order valence-electron chi connectivity index (χ2n) is 3.93. The second-order valence-corrected chi connectivity index (χ2v) is 3.93. The molecule has 0 saturated carbocycles. The topological polar surface area (TPSA) is 44.4 Å². The fourth-order valence-electron chi connectivity index (χ4n) is 1.85. The number of nitrogens with zero attached hydrogens (tertiary/aromatic N) is 1. The van der Waals surface area contributed by atoms with Gasteiger partial charge in [0.2, 0.25) is 5.91 Å². The third-order valence-corrected chi connectivity index (χ3v) is 2.80. The third-order valence-electron chi connectivity index (χ3n) is 2.80.